The zero-order chi connectivity index (χ0) is 38.1. The molecule has 2 saturated heterocycles. The minimum absolute atomic E-state index is 0.201. The number of β-amino-alcohol motifs (C(OH)–C–C–N with tert-alkyl or cyclic N) is 1. The summed E-state index contributed by atoms with van der Waals surface area (Å²) in [5, 5.41) is 26.9. The minimum Gasteiger partial charge on any atom is -0.493 e. The molecule has 11 heteroatoms. The van der Waals surface area contributed by atoms with Crippen molar-refractivity contribution in [1.29, 1.82) is 5.26 Å². The third kappa shape index (κ3) is 9.49. The van der Waals surface area contributed by atoms with Gasteiger partial charge in [0, 0.05) is 73.6 Å². The first kappa shape index (κ1) is 38.4. The van der Waals surface area contributed by atoms with Gasteiger partial charge in [-0.25, -0.2) is 0 Å². The highest BCUT2D eigenvalue weighted by molar-refractivity contribution is 6.32. The first-order valence-corrected chi connectivity index (χ1v) is 19.6. The van der Waals surface area contributed by atoms with Crippen molar-refractivity contribution in [3.63, 3.8) is 0 Å². The molecule has 7 rings (SSSR count). The third-order valence-electron chi connectivity index (χ3n) is 10.9. The molecule has 0 radical (unpaired) electrons. The highest BCUT2D eigenvalue weighted by Crippen LogP contribution is 2.39. The molecule has 0 bridgehead atoms. The molecule has 2 aromatic heterocycles. The number of piperidine rings is 1. The number of benzene rings is 3. The van der Waals surface area contributed by atoms with Crippen molar-refractivity contribution >= 4 is 11.6 Å². The number of aliphatic hydroxyl groups is 1. The Labute approximate surface area is 328 Å². The fourth-order valence-electron chi connectivity index (χ4n) is 7.79. The van der Waals surface area contributed by atoms with E-state index in [1.807, 2.05) is 36.7 Å². The van der Waals surface area contributed by atoms with Gasteiger partial charge in [-0.3, -0.25) is 15.0 Å². The van der Waals surface area contributed by atoms with Crippen molar-refractivity contribution < 1.29 is 19.3 Å². The first-order chi connectivity index (χ1) is 26.9. The number of nitrogens with zero attached hydrogens (tertiary/aromatic N) is 5. The van der Waals surface area contributed by atoms with Gasteiger partial charge in [-0.1, -0.05) is 48.4 Å². The van der Waals surface area contributed by atoms with E-state index in [0.717, 1.165) is 103 Å². The van der Waals surface area contributed by atoms with Crippen molar-refractivity contribution in [2.24, 2.45) is 0 Å². The van der Waals surface area contributed by atoms with E-state index in [0.29, 0.717) is 41.8 Å². The van der Waals surface area contributed by atoms with E-state index in [4.69, 9.17) is 25.8 Å². The van der Waals surface area contributed by atoms with Crippen molar-refractivity contribution in [2.45, 2.75) is 77.9 Å². The number of hydrogen-bond acceptors (Lipinski definition) is 9. The van der Waals surface area contributed by atoms with Crippen LogP contribution in [0.4, 0.5) is 0 Å². The second-order valence-corrected chi connectivity index (χ2v) is 15.0. The average molecular weight is 761 g/mol. The van der Waals surface area contributed by atoms with Gasteiger partial charge in [-0.05, 0) is 92.1 Å². The number of H-pyrrole nitrogens is 1. The standard InChI is InChI=1S/C44H49ClN6O4/c1-30-34(8-5-9-38(30)39-10-6-12-42(31(39)2)53-17-7-14-50-16-13-37(52)27-50)29-55-44-20-43(54-28-33-18-32(21-46)22-47-23-33)35(19-40(44)45)26-51-15-4-3-11-41(51)36-24-48-49-25-36/h5-6,8-10,12,18-20,22-25,37,41,52H,3-4,7,11,13-17,26-29H2,1-2H3,(H,48,49). The maximum Gasteiger partial charge on any atom is 0.142 e. The monoisotopic (exact) mass is 760 g/mol. The summed E-state index contributed by atoms with van der Waals surface area (Å²) in [6.45, 7) is 9.66. The molecule has 0 spiro atoms. The summed E-state index contributed by atoms with van der Waals surface area (Å²) in [7, 11) is 0. The molecule has 3 aromatic carbocycles. The molecule has 2 N–H and O–H groups in total. The van der Waals surface area contributed by atoms with E-state index in [2.05, 4.69) is 69.2 Å². The van der Waals surface area contributed by atoms with Gasteiger partial charge >= 0.3 is 0 Å². The molecule has 55 heavy (non-hydrogen) atoms. The SMILES string of the molecule is Cc1c(COc2cc(OCc3cncc(C#N)c3)c(CN3CCCCC3c3cn[nH]c3)cc2Cl)cccc1-c1cccc(OCCCN2CCC(O)C2)c1C. The predicted molar refractivity (Wildman–Crippen MR) is 213 cm³/mol. The Morgan fingerprint density at radius 2 is 1.73 bits per heavy atom. The van der Waals surface area contributed by atoms with Gasteiger partial charge in [0.1, 0.15) is 36.5 Å². The molecule has 4 heterocycles. The summed E-state index contributed by atoms with van der Waals surface area (Å²) in [6, 6.07) is 20.6. The molecule has 0 amide bonds. The maximum absolute atomic E-state index is 9.82. The van der Waals surface area contributed by atoms with E-state index in [1.165, 1.54) is 5.56 Å². The highest BCUT2D eigenvalue weighted by Gasteiger charge is 2.26. The van der Waals surface area contributed by atoms with Gasteiger partial charge < -0.3 is 24.2 Å². The van der Waals surface area contributed by atoms with Crippen molar-refractivity contribution in [1.82, 2.24) is 25.0 Å². The number of aliphatic hydroxyl groups excluding tert-OH is 1. The fraction of sp³-hybridized carbons (Fsp3) is 0.386. The Bertz CT molecular complexity index is 2100. The fourth-order valence-corrected chi connectivity index (χ4v) is 8.03. The summed E-state index contributed by atoms with van der Waals surface area (Å²) in [6.07, 6.45) is 12.0. The van der Waals surface area contributed by atoms with Crippen LogP contribution < -0.4 is 14.2 Å². The molecule has 0 aliphatic carbocycles. The lowest BCUT2D eigenvalue weighted by atomic mass is 9.93. The van der Waals surface area contributed by atoms with Gasteiger partial charge in [0.05, 0.1) is 29.5 Å². The van der Waals surface area contributed by atoms with Crippen LogP contribution in [0.1, 0.15) is 77.1 Å². The largest absolute Gasteiger partial charge is 0.493 e. The Hall–Kier alpha value is -4.92. The number of nitriles is 1. The summed E-state index contributed by atoms with van der Waals surface area (Å²) < 4.78 is 19.2. The van der Waals surface area contributed by atoms with Gasteiger partial charge in [0.2, 0.25) is 0 Å². The zero-order valence-electron chi connectivity index (χ0n) is 31.6. The third-order valence-corrected chi connectivity index (χ3v) is 11.1. The molecule has 0 saturated carbocycles. The molecule has 5 aromatic rings. The molecular formula is C44H49ClN6O4. The van der Waals surface area contributed by atoms with Crippen molar-refractivity contribution in [2.75, 3.05) is 32.8 Å². The van der Waals surface area contributed by atoms with Crippen molar-refractivity contribution in [3.05, 3.63) is 123 Å². The summed E-state index contributed by atoms with van der Waals surface area (Å²) >= 11 is 6.99. The topological polar surface area (TPSA) is 120 Å². The highest BCUT2D eigenvalue weighted by atomic mass is 35.5. The summed E-state index contributed by atoms with van der Waals surface area (Å²) in [4.78, 5) is 8.97. The molecule has 2 fully saturated rings. The second kappa shape index (κ2) is 18.1. The molecule has 2 atom stereocenters. The number of likely N-dealkylation sites (tertiary alicyclic amines) is 2. The van der Waals surface area contributed by atoms with Crippen LogP contribution in [0, 0.1) is 25.2 Å². The lowest BCUT2D eigenvalue weighted by Gasteiger charge is -2.35. The van der Waals surface area contributed by atoms with Gasteiger partial charge in [0.15, 0.2) is 0 Å². The molecule has 286 valence electrons. The molecular weight excluding hydrogens is 712 g/mol. The number of halogens is 1. The van der Waals surface area contributed by atoms with E-state index in [-0.39, 0.29) is 18.8 Å². The molecule has 2 aliphatic rings. The predicted octanol–water partition coefficient (Wildman–Crippen LogP) is 8.33. The number of nitrogens with one attached hydrogen (secondary N) is 1. The van der Waals surface area contributed by atoms with E-state index in [9.17, 15) is 10.4 Å². The van der Waals surface area contributed by atoms with Gasteiger partial charge in [-0.2, -0.15) is 10.4 Å². The number of hydrogen-bond donors (Lipinski definition) is 2. The quantitative estimate of drug-likeness (QED) is 0.102. The number of rotatable bonds is 15. The van der Waals surface area contributed by atoms with Gasteiger partial charge in [0.25, 0.3) is 0 Å². The maximum atomic E-state index is 9.82. The van der Waals surface area contributed by atoms with E-state index >= 15 is 0 Å². The van der Waals surface area contributed by atoms with E-state index in [1.54, 1.807) is 18.5 Å². The zero-order valence-corrected chi connectivity index (χ0v) is 32.4. The van der Waals surface area contributed by atoms with Crippen LogP contribution in [0.3, 0.4) is 0 Å². The van der Waals surface area contributed by atoms with Gasteiger partial charge in [-0.15, -0.1) is 0 Å². The lowest BCUT2D eigenvalue weighted by Crippen LogP contribution is -2.32. The Morgan fingerprint density at radius 3 is 2.53 bits per heavy atom. The minimum atomic E-state index is -0.201. The molecule has 2 unspecified atom stereocenters. The van der Waals surface area contributed by atoms with Crippen LogP contribution in [0.25, 0.3) is 11.1 Å². The smallest absolute Gasteiger partial charge is 0.142 e. The lowest BCUT2D eigenvalue weighted by molar-refractivity contribution is 0.138. The Kier molecular flexibility index (Phi) is 12.7. The number of ether oxygens (including phenoxy) is 3. The van der Waals surface area contributed by atoms with Crippen LogP contribution >= 0.6 is 11.6 Å². The molecule has 10 nitrogen and oxygen atoms in total. The average Bonchev–Trinajstić information content (AvgIpc) is 3.89. The van der Waals surface area contributed by atoms with Crippen LogP contribution in [-0.2, 0) is 19.8 Å². The number of pyridine rings is 1. The van der Waals surface area contributed by atoms with Crippen LogP contribution in [0.2, 0.25) is 5.02 Å². The van der Waals surface area contributed by atoms with Crippen LogP contribution in [0.5, 0.6) is 17.2 Å². The Morgan fingerprint density at radius 1 is 0.891 bits per heavy atom. The Balaban J connectivity index is 1.08. The molecule has 2 aliphatic heterocycles. The normalized spacial score (nSPS) is 17.6. The van der Waals surface area contributed by atoms with Crippen LogP contribution in [-0.4, -0.2) is 69.0 Å². The van der Waals surface area contributed by atoms with Crippen LogP contribution in [0.15, 0.2) is 79.4 Å². The summed E-state index contributed by atoms with van der Waals surface area (Å²) in [5.74, 6) is 2.10. The second-order valence-electron chi connectivity index (χ2n) is 14.6. The first-order valence-electron chi connectivity index (χ1n) is 19.2. The summed E-state index contributed by atoms with van der Waals surface area (Å²) in [5.41, 5.74) is 8.95. The number of aromatic nitrogens is 3. The van der Waals surface area contributed by atoms with Crippen molar-refractivity contribution in [3.8, 4) is 34.4 Å². The number of aromatic amines is 1. The van der Waals surface area contributed by atoms with E-state index < -0.39 is 0 Å².